The minimum Gasteiger partial charge on any atom is -0.388 e. The van der Waals surface area contributed by atoms with Gasteiger partial charge in [-0.1, -0.05) is 18.9 Å². The van der Waals surface area contributed by atoms with Crippen LogP contribution in [-0.2, 0) is 0 Å². The number of pyridine rings is 1. The monoisotopic (exact) mass is 301 g/mol. The van der Waals surface area contributed by atoms with Gasteiger partial charge >= 0.3 is 0 Å². The highest BCUT2D eigenvalue weighted by Gasteiger charge is 2.31. The summed E-state index contributed by atoms with van der Waals surface area (Å²) >= 11 is 0. The molecule has 1 amide bonds. The maximum atomic E-state index is 12.4. The summed E-state index contributed by atoms with van der Waals surface area (Å²) in [5.41, 5.74) is 0.164. The van der Waals surface area contributed by atoms with E-state index in [9.17, 15) is 14.7 Å². The van der Waals surface area contributed by atoms with E-state index in [2.05, 4.69) is 10.3 Å². The Kier molecular flexibility index (Phi) is 3.70. The van der Waals surface area contributed by atoms with Gasteiger partial charge in [0.15, 0.2) is 0 Å². The molecule has 1 aliphatic rings. The fraction of sp³-hybridized carbons (Fsp3) is 0.438. The van der Waals surface area contributed by atoms with Crippen molar-refractivity contribution < 1.29 is 9.90 Å². The molecule has 0 bridgehead atoms. The SMILES string of the molecule is Cc1ccc2ncc(C(=O)NCC3(O)CCCC3)c(=O)n2c1. The van der Waals surface area contributed by atoms with Crippen LogP contribution in [0.3, 0.4) is 0 Å². The standard InChI is InChI=1S/C16H19N3O3/c1-11-4-5-13-17-8-12(15(21)19(13)9-11)14(20)18-10-16(22)6-2-3-7-16/h4-5,8-9,22H,2-3,6-7,10H2,1H3,(H,18,20). The largest absolute Gasteiger partial charge is 0.388 e. The molecule has 1 saturated carbocycles. The first-order valence-electron chi connectivity index (χ1n) is 7.47. The molecule has 2 aromatic rings. The van der Waals surface area contributed by atoms with E-state index in [0.717, 1.165) is 18.4 Å². The molecule has 2 N–H and O–H groups in total. The van der Waals surface area contributed by atoms with Gasteiger partial charge < -0.3 is 10.4 Å². The van der Waals surface area contributed by atoms with E-state index in [1.807, 2.05) is 13.0 Å². The Balaban J connectivity index is 1.85. The van der Waals surface area contributed by atoms with Crippen molar-refractivity contribution in [3.8, 4) is 0 Å². The van der Waals surface area contributed by atoms with Gasteiger partial charge in [0, 0.05) is 18.9 Å². The Labute approximate surface area is 127 Å². The van der Waals surface area contributed by atoms with Gasteiger partial charge in [-0.2, -0.15) is 0 Å². The van der Waals surface area contributed by atoms with Crippen LogP contribution in [0.4, 0.5) is 0 Å². The average Bonchev–Trinajstić information content (AvgIpc) is 2.93. The number of carbonyl (C=O) groups is 1. The Morgan fingerprint density at radius 1 is 1.41 bits per heavy atom. The molecule has 0 saturated heterocycles. The van der Waals surface area contributed by atoms with E-state index in [-0.39, 0.29) is 12.1 Å². The summed E-state index contributed by atoms with van der Waals surface area (Å²) in [6.45, 7) is 2.04. The predicted molar refractivity (Wildman–Crippen MR) is 82.0 cm³/mol. The lowest BCUT2D eigenvalue weighted by Crippen LogP contribution is -2.42. The zero-order valence-corrected chi connectivity index (χ0v) is 12.5. The first-order valence-corrected chi connectivity index (χ1v) is 7.47. The number of rotatable bonds is 3. The van der Waals surface area contributed by atoms with Crippen LogP contribution in [0.25, 0.3) is 5.65 Å². The summed E-state index contributed by atoms with van der Waals surface area (Å²) in [5, 5.41) is 12.9. The molecule has 0 aliphatic heterocycles. The second-order valence-electron chi connectivity index (χ2n) is 6.03. The van der Waals surface area contributed by atoms with Crippen molar-refractivity contribution in [1.29, 1.82) is 0 Å². The van der Waals surface area contributed by atoms with Crippen LogP contribution in [-0.4, -0.2) is 32.5 Å². The fourth-order valence-corrected chi connectivity index (χ4v) is 2.89. The van der Waals surface area contributed by atoms with Gasteiger partial charge in [0.2, 0.25) is 0 Å². The molecule has 0 aromatic carbocycles. The van der Waals surface area contributed by atoms with Crippen LogP contribution in [0, 0.1) is 6.92 Å². The van der Waals surface area contributed by atoms with Gasteiger partial charge in [0.05, 0.1) is 5.60 Å². The minimum atomic E-state index is -0.841. The van der Waals surface area contributed by atoms with Crippen molar-refractivity contribution in [3.63, 3.8) is 0 Å². The number of carbonyl (C=O) groups excluding carboxylic acids is 1. The van der Waals surface area contributed by atoms with Gasteiger partial charge in [0.25, 0.3) is 11.5 Å². The summed E-state index contributed by atoms with van der Waals surface area (Å²) in [6, 6.07) is 3.59. The molecule has 2 aromatic heterocycles. The maximum Gasteiger partial charge on any atom is 0.270 e. The topological polar surface area (TPSA) is 83.7 Å². The Hall–Kier alpha value is -2.21. The van der Waals surface area contributed by atoms with Gasteiger partial charge in [-0.15, -0.1) is 0 Å². The van der Waals surface area contributed by atoms with E-state index >= 15 is 0 Å². The van der Waals surface area contributed by atoms with Crippen LogP contribution in [0.1, 0.15) is 41.6 Å². The van der Waals surface area contributed by atoms with E-state index in [1.165, 1.54) is 10.6 Å². The first-order chi connectivity index (χ1) is 10.5. The highest BCUT2D eigenvalue weighted by Crippen LogP contribution is 2.28. The van der Waals surface area contributed by atoms with Crippen molar-refractivity contribution in [2.24, 2.45) is 0 Å². The van der Waals surface area contributed by atoms with Crippen molar-refractivity contribution >= 4 is 11.6 Å². The van der Waals surface area contributed by atoms with Gasteiger partial charge in [-0.05, 0) is 31.4 Å². The molecule has 1 fully saturated rings. The Morgan fingerprint density at radius 2 is 2.14 bits per heavy atom. The normalized spacial score (nSPS) is 16.8. The molecule has 3 rings (SSSR count). The molecule has 1 aliphatic carbocycles. The molecular weight excluding hydrogens is 282 g/mol. The number of aliphatic hydroxyl groups is 1. The van der Waals surface area contributed by atoms with Crippen LogP contribution in [0.15, 0.2) is 29.3 Å². The number of aromatic nitrogens is 2. The van der Waals surface area contributed by atoms with E-state index in [0.29, 0.717) is 18.5 Å². The lowest BCUT2D eigenvalue weighted by molar-refractivity contribution is 0.0449. The lowest BCUT2D eigenvalue weighted by Gasteiger charge is -2.22. The van der Waals surface area contributed by atoms with E-state index in [4.69, 9.17) is 0 Å². The molecule has 22 heavy (non-hydrogen) atoms. The molecule has 0 radical (unpaired) electrons. The second-order valence-corrected chi connectivity index (χ2v) is 6.03. The zero-order valence-electron chi connectivity index (χ0n) is 12.5. The summed E-state index contributed by atoms with van der Waals surface area (Å²) < 4.78 is 1.37. The van der Waals surface area contributed by atoms with Crippen LogP contribution < -0.4 is 10.9 Å². The van der Waals surface area contributed by atoms with E-state index in [1.54, 1.807) is 12.3 Å². The molecule has 6 nitrogen and oxygen atoms in total. The summed E-state index contributed by atoms with van der Waals surface area (Å²) in [5.74, 6) is -0.492. The van der Waals surface area contributed by atoms with Crippen LogP contribution in [0.2, 0.25) is 0 Å². The third-order valence-electron chi connectivity index (χ3n) is 4.21. The number of nitrogens with one attached hydrogen (secondary N) is 1. The highest BCUT2D eigenvalue weighted by molar-refractivity contribution is 5.93. The number of hydrogen-bond acceptors (Lipinski definition) is 4. The van der Waals surface area contributed by atoms with Gasteiger partial charge in [-0.25, -0.2) is 4.98 Å². The smallest absolute Gasteiger partial charge is 0.270 e. The van der Waals surface area contributed by atoms with E-state index < -0.39 is 17.1 Å². The number of aryl methyl sites for hydroxylation is 1. The quantitative estimate of drug-likeness (QED) is 0.887. The molecule has 2 heterocycles. The van der Waals surface area contributed by atoms with Gasteiger partial charge in [-0.3, -0.25) is 14.0 Å². The number of fused-ring (bicyclic) bond motifs is 1. The van der Waals surface area contributed by atoms with Crippen molar-refractivity contribution in [2.45, 2.75) is 38.2 Å². The first kappa shape index (κ1) is 14.7. The number of hydrogen-bond donors (Lipinski definition) is 2. The molecule has 0 unspecified atom stereocenters. The zero-order chi connectivity index (χ0) is 15.7. The molecule has 0 atom stereocenters. The van der Waals surface area contributed by atoms with Crippen LogP contribution in [0.5, 0.6) is 0 Å². The van der Waals surface area contributed by atoms with Crippen molar-refractivity contribution in [3.05, 3.63) is 46.0 Å². The number of amides is 1. The van der Waals surface area contributed by atoms with Crippen molar-refractivity contribution in [2.75, 3.05) is 6.54 Å². The Bertz CT molecular complexity index is 776. The molecule has 116 valence electrons. The number of nitrogens with zero attached hydrogens (tertiary/aromatic N) is 2. The molecule has 0 spiro atoms. The summed E-state index contributed by atoms with van der Waals surface area (Å²) in [6.07, 6.45) is 6.24. The van der Waals surface area contributed by atoms with Crippen LogP contribution >= 0.6 is 0 Å². The minimum absolute atomic E-state index is 0.00954. The Morgan fingerprint density at radius 3 is 2.86 bits per heavy atom. The molecular formula is C16H19N3O3. The summed E-state index contributed by atoms with van der Waals surface area (Å²) in [7, 11) is 0. The lowest BCUT2D eigenvalue weighted by atomic mass is 10.0. The third-order valence-corrected chi connectivity index (χ3v) is 4.21. The third kappa shape index (κ3) is 2.74. The maximum absolute atomic E-state index is 12.4. The van der Waals surface area contributed by atoms with Gasteiger partial charge in [0.1, 0.15) is 11.2 Å². The highest BCUT2D eigenvalue weighted by atomic mass is 16.3. The molecule has 6 heteroatoms. The summed E-state index contributed by atoms with van der Waals surface area (Å²) in [4.78, 5) is 28.8. The second kappa shape index (κ2) is 5.53. The average molecular weight is 301 g/mol. The predicted octanol–water partition coefficient (Wildman–Crippen LogP) is 1.04. The van der Waals surface area contributed by atoms with Crippen molar-refractivity contribution in [1.82, 2.24) is 14.7 Å². The fourth-order valence-electron chi connectivity index (χ4n) is 2.89.